The Kier molecular flexibility index (Phi) is 3.39. The third-order valence-corrected chi connectivity index (χ3v) is 2.71. The summed E-state index contributed by atoms with van der Waals surface area (Å²) < 4.78 is 0. The van der Waals surface area contributed by atoms with Crippen molar-refractivity contribution in [3.63, 3.8) is 0 Å². The molecule has 2 rings (SSSR count). The van der Waals surface area contributed by atoms with Crippen molar-refractivity contribution in [3.8, 4) is 0 Å². The van der Waals surface area contributed by atoms with Gasteiger partial charge in [0.15, 0.2) is 0 Å². The van der Waals surface area contributed by atoms with E-state index in [-0.39, 0.29) is 18.5 Å². The van der Waals surface area contributed by atoms with Crippen LogP contribution in [0.3, 0.4) is 0 Å². The molecular weight excluding hydrogens is 220 g/mol. The number of nitrogens with one attached hydrogen (secondary N) is 2. The Labute approximate surface area is 98.8 Å². The van der Waals surface area contributed by atoms with E-state index in [9.17, 15) is 9.59 Å². The van der Waals surface area contributed by atoms with E-state index < -0.39 is 12.0 Å². The summed E-state index contributed by atoms with van der Waals surface area (Å²) in [5.74, 6) is -1.21. The summed E-state index contributed by atoms with van der Waals surface area (Å²) in [5, 5.41) is 14.5. The van der Waals surface area contributed by atoms with E-state index >= 15 is 0 Å². The lowest BCUT2D eigenvalue weighted by Gasteiger charge is -2.29. The topological polar surface area (TPSA) is 78.4 Å². The maximum Gasteiger partial charge on any atom is 0.321 e. The van der Waals surface area contributed by atoms with Gasteiger partial charge in [-0.25, -0.2) is 0 Å². The molecule has 5 nitrogen and oxygen atoms in total. The molecule has 0 saturated carbocycles. The fourth-order valence-corrected chi connectivity index (χ4v) is 1.90. The van der Waals surface area contributed by atoms with Gasteiger partial charge in [-0.1, -0.05) is 30.3 Å². The zero-order valence-electron chi connectivity index (χ0n) is 9.22. The molecule has 0 bridgehead atoms. The average Bonchev–Trinajstić information content (AvgIpc) is 2.29. The van der Waals surface area contributed by atoms with Crippen molar-refractivity contribution in [1.29, 1.82) is 0 Å². The second-order valence-corrected chi connectivity index (χ2v) is 4.07. The van der Waals surface area contributed by atoms with Crippen molar-refractivity contribution in [2.45, 2.75) is 25.0 Å². The number of hydrogen-bond acceptors (Lipinski definition) is 3. The van der Waals surface area contributed by atoms with Crippen LogP contribution in [0.5, 0.6) is 0 Å². The molecular formula is C12H14N2O3. The minimum Gasteiger partial charge on any atom is -0.480 e. The first-order valence-electron chi connectivity index (χ1n) is 5.47. The predicted molar refractivity (Wildman–Crippen MR) is 61.3 cm³/mol. The monoisotopic (exact) mass is 234 g/mol. The number of hydrogen-bond donors (Lipinski definition) is 3. The largest absolute Gasteiger partial charge is 0.480 e. The number of carbonyl (C=O) groups excluding carboxylic acids is 1. The first-order valence-corrected chi connectivity index (χ1v) is 5.47. The van der Waals surface area contributed by atoms with Crippen LogP contribution in [0.15, 0.2) is 30.3 Å². The molecule has 1 aliphatic rings. The molecule has 5 heteroatoms. The minimum absolute atomic E-state index is 0.0133. The minimum atomic E-state index is -0.988. The van der Waals surface area contributed by atoms with Gasteiger partial charge < -0.3 is 10.4 Å². The molecule has 0 aromatic heterocycles. The van der Waals surface area contributed by atoms with E-state index in [1.807, 2.05) is 30.3 Å². The van der Waals surface area contributed by atoms with E-state index in [0.29, 0.717) is 6.42 Å². The third-order valence-electron chi connectivity index (χ3n) is 2.71. The van der Waals surface area contributed by atoms with E-state index in [4.69, 9.17) is 5.11 Å². The van der Waals surface area contributed by atoms with Gasteiger partial charge in [0.05, 0.1) is 12.6 Å². The highest BCUT2D eigenvalue weighted by atomic mass is 16.4. The van der Waals surface area contributed by atoms with Gasteiger partial charge in [-0.15, -0.1) is 0 Å². The summed E-state index contributed by atoms with van der Waals surface area (Å²) in [6.07, 6.45) is 0.247. The molecule has 0 radical (unpaired) electrons. The molecule has 1 heterocycles. The molecule has 2 unspecified atom stereocenters. The van der Waals surface area contributed by atoms with Crippen LogP contribution >= 0.6 is 0 Å². The fraction of sp³-hybridized carbons (Fsp3) is 0.333. The van der Waals surface area contributed by atoms with E-state index in [1.54, 1.807) is 0 Å². The molecule has 1 aromatic carbocycles. The second kappa shape index (κ2) is 4.97. The number of carbonyl (C=O) groups is 2. The fourth-order valence-electron chi connectivity index (χ4n) is 1.90. The Morgan fingerprint density at radius 3 is 2.71 bits per heavy atom. The number of amides is 1. The van der Waals surface area contributed by atoms with Crippen LogP contribution in [0.2, 0.25) is 0 Å². The lowest BCUT2D eigenvalue weighted by atomic mass is 10.1. The van der Waals surface area contributed by atoms with Crippen LogP contribution in [-0.2, 0) is 16.0 Å². The van der Waals surface area contributed by atoms with Crippen LogP contribution in [0, 0.1) is 0 Å². The predicted octanol–water partition coefficient (Wildman–Crippen LogP) is 0.118. The van der Waals surface area contributed by atoms with E-state index in [1.165, 1.54) is 0 Å². The van der Waals surface area contributed by atoms with Crippen molar-refractivity contribution in [2.24, 2.45) is 0 Å². The van der Waals surface area contributed by atoms with E-state index in [0.717, 1.165) is 5.56 Å². The van der Waals surface area contributed by atoms with Crippen LogP contribution in [0.4, 0.5) is 0 Å². The smallest absolute Gasteiger partial charge is 0.321 e. The normalized spacial score (nSPS) is 24.1. The van der Waals surface area contributed by atoms with Gasteiger partial charge in [-0.05, 0) is 5.56 Å². The molecule has 1 amide bonds. The maximum atomic E-state index is 11.4. The highest BCUT2D eigenvalue weighted by Gasteiger charge is 2.30. The molecule has 0 spiro atoms. The molecule has 3 N–H and O–H groups in total. The molecule has 1 aromatic rings. The molecule has 0 aliphatic carbocycles. The Balaban J connectivity index is 2.01. The van der Waals surface area contributed by atoms with Crippen LogP contribution in [0.1, 0.15) is 12.0 Å². The van der Waals surface area contributed by atoms with Crippen molar-refractivity contribution in [1.82, 2.24) is 10.6 Å². The number of aliphatic carboxylic acids is 1. The van der Waals surface area contributed by atoms with E-state index in [2.05, 4.69) is 10.6 Å². The van der Waals surface area contributed by atoms with Gasteiger partial charge in [-0.3, -0.25) is 14.9 Å². The average molecular weight is 234 g/mol. The zero-order chi connectivity index (χ0) is 12.3. The SMILES string of the molecule is O=C1CC(C(=O)O)NC(Cc2ccccc2)N1. The Bertz CT molecular complexity index is 419. The highest BCUT2D eigenvalue weighted by Crippen LogP contribution is 2.07. The first-order chi connectivity index (χ1) is 8.15. The standard InChI is InChI=1S/C12H14N2O3/c15-11-7-9(12(16)17)13-10(14-11)6-8-4-2-1-3-5-8/h1-5,9-10,13H,6-7H2,(H,14,15)(H,16,17). The Morgan fingerprint density at radius 1 is 1.35 bits per heavy atom. The van der Waals surface area contributed by atoms with Gasteiger partial charge in [0.1, 0.15) is 6.04 Å². The first kappa shape index (κ1) is 11.6. The quantitative estimate of drug-likeness (QED) is 0.694. The van der Waals surface area contributed by atoms with Crippen LogP contribution < -0.4 is 10.6 Å². The highest BCUT2D eigenvalue weighted by molar-refractivity contribution is 5.85. The van der Waals surface area contributed by atoms with Crippen LogP contribution in [-0.4, -0.2) is 29.2 Å². The number of rotatable bonds is 3. The third kappa shape index (κ3) is 3.04. The lowest BCUT2D eigenvalue weighted by molar-refractivity contribution is -0.143. The van der Waals surface area contributed by atoms with Gasteiger partial charge in [-0.2, -0.15) is 0 Å². The summed E-state index contributed by atoms with van der Waals surface area (Å²) in [7, 11) is 0. The number of carboxylic acid groups (broad SMARTS) is 1. The second-order valence-electron chi connectivity index (χ2n) is 4.07. The summed E-state index contributed by atoms with van der Waals surface area (Å²) in [6, 6.07) is 8.83. The zero-order valence-corrected chi connectivity index (χ0v) is 9.22. The lowest BCUT2D eigenvalue weighted by Crippen LogP contribution is -2.59. The number of benzene rings is 1. The molecule has 1 saturated heterocycles. The Morgan fingerprint density at radius 2 is 2.06 bits per heavy atom. The maximum absolute atomic E-state index is 11.4. The molecule has 90 valence electrons. The van der Waals surface area contributed by atoms with Crippen molar-refractivity contribution in [2.75, 3.05) is 0 Å². The molecule has 1 aliphatic heterocycles. The van der Waals surface area contributed by atoms with Gasteiger partial charge >= 0.3 is 5.97 Å². The summed E-state index contributed by atoms with van der Waals surface area (Å²) in [6.45, 7) is 0. The van der Waals surface area contributed by atoms with Gasteiger partial charge in [0.25, 0.3) is 0 Å². The van der Waals surface area contributed by atoms with Gasteiger partial charge in [0.2, 0.25) is 5.91 Å². The van der Waals surface area contributed by atoms with Crippen molar-refractivity contribution >= 4 is 11.9 Å². The van der Waals surface area contributed by atoms with Crippen molar-refractivity contribution < 1.29 is 14.7 Å². The van der Waals surface area contributed by atoms with Crippen LogP contribution in [0.25, 0.3) is 0 Å². The number of carboxylic acids is 1. The van der Waals surface area contributed by atoms with Crippen molar-refractivity contribution in [3.05, 3.63) is 35.9 Å². The molecule has 17 heavy (non-hydrogen) atoms. The molecule has 2 atom stereocenters. The summed E-state index contributed by atoms with van der Waals surface area (Å²) in [5.41, 5.74) is 1.05. The summed E-state index contributed by atoms with van der Waals surface area (Å²) >= 11 is 0. The molecule has 1 fully saturated rings. The Hall–Kier alpha value is -1.88. The van der Waals surface area contributed by atoms with Gasteiger partial charge in [0, 0.05) is 6.42 Å². The summed E-state index contributed by atoms with van der Waals surface area (Å²) in [4.78, 5) is 22.2.